The zero-order chi connectivity index (χ0) is 19.5. The number of likely N-dealkylation sites (N-methyl/N-ethyl adjacent to an activating group) is 1. The van der Waals surface area contributed by atoms with Gasteiger partial charge < -0.3 is 9.64 Å². The molecule has 146 valence electrons. The molecule has 1 aliphatic rings. The second kappa shape index (κ2) is 8.15. The van der Waals surface area contributed by atoms with Gasteiger partial charge in [-0.15, -0.1) is 0 Å². The first-order valence-electron chi connectivity index (χ1n) is 8.66. The minimum Gasteiger partial charge on any atom is -0.444 e. The second-order valence-electron chi connectivity index (χ2n) is 7.62. The second-order valence-corrected chi connectivity index (χ2v) is 10.1. The van der Waals surface area contributed by atoms with E-state index in [1.54, 1.807) is 36.2 Å². The number of halogens is 1. The Balaban J connectivity index is 2.04. The van der Waals surface area contributed by atoms with Crippen molar-refractivity contribution in [3.8, 4) is 0 Å². The van der Waals surface area contributed by atoms with Crippen LogP contribution in [0.1, 0.15) is 39.2 Å². The Kier molecular flexibility index (Phi) is 6.58. The summed E-state index contributed by atoms with van der Waals surface area (Å²) in [4.78, 5) is 13.9. The third kappa shape index (κ3) is 5.86. The fourth-order valence-electron chi connectivity index (χ4n) is 2.86. The zero-order valence-electron chi connectivity index (χ0n) is 15.7. The Hall–Kier alpha value is -1.31. The topological polar surface area (TPSA) is 66.9 Å². The molecular weight excluding hydrogens is 376 g/mol. The molecule has 0 spiro atoms. The molecule has 1 saturated heterocycles. The molecule has 1 aromatic rings. The normalized spacial score (nSPS) is 18.8. The van der Waals surface area contributed by atoms with Crippen LogP contribution in [0.15, 0.2) is 24.3 Å². The van der Waals surface area contributed by atoms with Crippen LogP contribution in [0.4, 0.5) is 4.79 Å². The first-order valence-corrected chi connectivity index (χ1v) is 10.6. The summed E-state index contributed by atoms with van der Waals surface area (Å²) in [5.74, 6) is -0.0936. The van der Waals surface area contributed by atoms with Gasteiger partial charge in [0, 0.05) is 31.2 Å². The Morgan fingerprint density at radius 2 is 1.92 bits per heavy atom. The number of sulfonamides is 1. The number of hydrogen-bond acceptors (Lipinski definition) is 4. The number of benzene rings is 1. The molecule has 8 heteroatoms. The maximum Gasteiger partial charge on any atom is 0.410 e. The maximum absolute atomic E-state index is 12.7. The van der Waals surface area contributed by atoms with Gasteiger partial charge >= 0.3 is 6.09 Å². The van der Waals surface area contributed by atoms with Crippen molar-refractivity contribution in [1.29, 1.82) is 0 Å². The van der Waals surface area contributed by atoms with E-state index in [1.807, 2.05) is 20.8 Å². The molecule has 2 rings (SSSR count). The van der Waals surface area contributed by atoms with Crippen LogP contribution in [-0.4, -0.2) is 55.5 Å². The first-order chi connectivity index (χ1) is 12.0. The zero-order valence-corrected chi connectivity index (χ0v) is 17.3. The Bertz CT molecular complexity index is 729. The SMILES string of the molecule is CN(C1CCCN(C(=O)OC(C)(C)C)C1)S(=O)(=O)Cc1ccc(Cl)cc1. The summed E-state index contributed by atoms with van der Waals surface area (Å²) < 4.78 is 32.3. The molecule has 0 aliphatic carbocycles. The summed E-state index contributed by atoms with van der Waals surface area (Å²) in [7, 11) is -1.92. The molecular formula is C18H27ClN2O4S. The summed E-state index contributed by atoms with van der Waals surface area (Å²) in [6.07, 6.45) is 1.06. The Labute approximate surface area is 161 Å². The molecule has 26 heavy (non-hydrogen) atoms. The summed E-state index contributed by atoms with van der Waals surface area (Å²) in [5.41, 5.74) is 0.109. The predicted molar refractivity (Wildman–Crippen MR) is 103 cm³/mol. The number of hydrogen-bond donors (Lipinski definition) is 0. The number of nitrogens with zero attached hydrogens (tertiary/aromatic N) is 2. The van der Waals surface area contributed by atoms with Crippen molar-refractivity contribution in [3.63, 3.8) is 0 Å². The molecule has 0 bridgehead atoms. The molecule has 1 atom stereocenters. The lowest BCUT2D eigenvalue weighted by Gasteiger charge is -2.37. The van der Waals surface area contributed by atoms with Crippen LogP contribution in [0.2, 0.25) is 5.02 Å². The smallest absolute Gasteiger partial charge is 0.410 e. The predicted octanol–water partition coefficient (Wildman–Crippen LogP) is 3.50. The number of carbonyl (C=O) groups is 1. The van der Waals surface area contributed by atoms with Gasteiger partial charge in [-0.1, -0.05) is 23.7 Å². The van der Waals surface area contributed by atoms with Gasteiger partial charge in [-0.25, -0.2) is 13.2 Å². The van der Waals surface area contributed by atoms with E-state index in [9.17, 15) is 13.2 Å². The van der Waals surface area contributed by atoms with Gasteiger partial charge in [0.05, 0.1) is 5.75 Å². The largest absolute Gasteiger partial charge is 0.444 e. The van der Waals surface area contributed by atoms with Crippen molar-refractivity contribution >= 4 is 27.7 Å². The van der Waals surface area contributed by atoms with Crippen LogP contribution in [-0.2, 0) is 20.5 Å². The van der Waals surface area contributed by atoms with Crippen LogP contribution < -0.4 is 0 Å². The van der Waals surface area contributed by atoms with Gasteiger partial charge in [-0.05, 0) is 51.3 Å². The Morgan fingerprint density at radius 1 is 1.31 bits per heavy atom. The van der Waals surface area contributed by atoms with Crippen molar-refractivity contribution in [3.05, 3.63) is 34.9 Å². The summed E-state index contributed by atoms with van der Waals surface area (Å²) in [6.45, 7) is 6.36. The molecule has 1 amide bonds. The van der Waals surface area contributed by atoms with Gasteiger partial charge in [0.2, 0.25) is 10.0 Å². The first kappa shape index (κ1) is 21.0. The molecule has 0 N–H and O–H groups in total. The highest BCUT2D eigenvalue weighted by Gasteiger charge is 2.33. The molecule has 1 heterocycles. The molecule has 1 fully saturated rings. The number of ether oxygens (including phenoxy) is 1. The average molecular weight is 403 g/mol. The molecule has 1 aromatic carbocycles. The van der Waals surface area contributed by atoms with E-state index in [0.717, 1.165) is 12.8 Å². The quantitative estimate of drug-likeness (QED) is 0.772. The maximum atomic E-state index is 12.7. The molecule has 1 unspecified atom stereocenters. The minimum atomic E-state index is -3.50. The molecule has 0 radical (unpaired) electrons. The highest BCUT2D eigenvalue weighted by molar-refractivity contribution is 7.88. The lowest BCUT2D eigenvalue weighted by atomic mass is 10.1. The lowest BCUT2D eigenvalue weighted by molar-refractivity contribution is 0.0163. The highest BCUT2D eigenvalue weighted by atomic mass is 35.5. The average Bonchev–Trinajstić information content (AvgIpc) is 2.54. The van der Waals surface area contributed by atoms with Crippen molar-refractivity contribution in [2.24, 2.45) is 0 Å². The van der Waals surface area contributed by atoms with Gasteiger partial charge in [-0.2, -0.15) is 4.31 Å². The van der Waals surface area contributed by atoms with Crippen molar-refractivity contribution in [1.82, 2.24) is 9.21 Å². The fraction of sp³-hybridized carbons (Fsp3) is 0.611. The number of carbonyl (C=O) groups excluding carboxylic acids is 1. The van der Waals surface area contributed by atoms with Crippen LogP contribution >= 0.6 is 11.6 Å². The van der Waals surface area contributed by atoms with Gasteiger partial charge in [0.15, 0.2) is 0 Å². The van der Waals surface area contributed by atoms with Crippen LogP contribution in [0.5, 0.6) is 0 Å². The summed E-state index contributed by atoms with van der Waals surface area (Å²) in [6, 6.07) is 6.52. The van der Waals surface area contributed by atoms with E-state index in [2.05, 4.69) is 0 Å². The van der Waals surface area contributed by atoms with Gasteiger partial charge in [0.25, 0.3) is 0 Å². The van der Waals surface area contributed by atoms with E-state index in [1.165, 1.54) is 4.31 Å². The number of likely N-dealkylation sites (tertiary alicyclic amines) is 1. The monoisotopic (exact) mass is 402 g/mol. The van der Waals surface area contributed by atoms with Gasteiger partial charge in [-0.3, -0.25) is 0 Å². The number of amides is 1. The molecule has 0 saturated carbocycles. The van der Waals surface area contributed by atoms with Crippen LogP contribution in [0.25, 0.3) is 0 Å². The number of piperidine rings is 1. The van der Waals surface area contributed by atoms with E-state index in [4.69, 9.17) is 16.3 Å². The van der Waals surface area contributed by atoms with Crippen molar-refractivity contribution in [2.45, 2.75) is 51.0 Å². The third-order valence-corrected chi connectivity index (χ3v) is 6.39. The lowest BCUT2D eigenvalue weighted by Crippen LogP contribution is -2.51. The van der Waals surface area contributed by atoms with Crippen molar-refractivity contribution < 1.29 is 17.9 Å². The van der Waals surface area contributed by atoms with Crippen LogP contribution in [0, 0.1) is 0 Å². The standard InChI is InChI=1S/C18H27ClN2O4S/c1-18(2,3)25-17(22)21-11-5-6-16(12-21)20(4)26(23,24)13-14-7-9-15(19)10-8-14/h7-10,16H,5-6,11-13H2,1-4H3. The third-order valence-electron chi connectivity index (χ3n) is 4.26. The van der Waals surface area contributed by atoms with Gasteiger partial charge in [0.1, 0.15) is 5.60 Å². The summed E-state index contributed by atoms with van der Waals surface area (Å²) >= 11 is 5.85. The van der Waals surface area contributed by atoms with Crippen LogP contribution in [0.3, 0.4) is 0 Å². The van der Waals surface area contributed by atoms with E-state index >= 15 is 0 Å². The minimum absolute atomic E-state index is 0.0936. The molecule has 0 aromatic heterocycles. The number of rotatable bonds is 4. The van der Waals surface area contributed by atoms with E-state index in [0.29, 0.717) is 23.7 Å². The fourth-order valence-corrected chi connectivity index (χ4v) is 4.43. The highest BCUT2D eigenvalue weighted by Crippen LogP contribution is 2.22. The van der Waals surface area contributed by atoms with E-state index < -0.39 is 21.7 Å². The van der Waals surface area contributed by atoms with E-state index in [-0.39, 0.29) is 11.8 Å². The van der Waals surface area contributed by atoms with Crippen molar-refractivity contribution in [2.75, 3.05) is 20.1 Å². The summed E-state index contributed by atoms with van der Waals surface area (Å²) in [5, 5.41) is 0.569. The molecule has 6 nitrogen and oxygen atoms in total. The molecule has 1 aliphatic heterocycles. The Morgan fingerprint density at radius 3 is 2.50 bits per heavy atom.